The van der Waals surface area contributed by atoms with Gasteiger partial charge in [-0.2, -0.15) is 13.2 Å². The Bertz CT molecular complexity index is 250. The summed E-state index contributed by atoms with van der Waals surface area (Å²) < 4.78 is 41.8. The Balaban J connectivity index is 2.29. The lowest BCUT2D eigenvalue weighted by molar-refractivity contribution is -0.180. The smallest absolute Gasteiger partial charge is 0.383 e. The van der Waals surface area contributed by atoms with E-state index in [9.17, 15) is 18.0 Å². The predicted octanol–water partition coefficient (Wildman–Crippen LogP) is 0.679. The maximum Gasteiger partial charge on any atom is 0.393 e. The van der Waals surface area contributed by atoms with E-state index in [-0.39, 0.29) is 25.3 Å². The number of alkyl halides is 3. The van der Waals surface area contributed by atoms with E-state index in [1.54, 1.807) is 0 Å². The van der Waals surface area contributed by atoms with Gasteiger partial charge in [-0.15, -0.1) is 0 Å². The number of amides is 1. The van der Waals surface area contributed by atoms with Crippen molar-refractivity contribution in [3.8, 4) is 0 Å². The molecule has 2 atom stereocenters. The number of ether oxygens (including phenoxy) is 1. The second-order valence-corrected chi connectivity index (χ2v) is 4.06. The number of piperidine rings is 1. The van der Waals surface area contributed by atoms with E-state index in [1.807, 2.05) is 0 Å². The molecule has 1 fully saturated rings. The maximum absolute atomic E-state index is 12.4. The number of rotatable bonds is 4. The lowest BCUT2D eigenvalue weighted by atomic mass is 9.94. The average molecular weight is 254 g/mol. The number of methoxy groups -OCH3 is 1. The van der Waals surface area contributed by atoms with Crippen LogP contribution in [0.3, 0.4) is 0 Å². The predicted molar refractivity (Wildman–Crippen MR) is 55.5 cm³/mol. The lowest BCUT2D eigenvalue weighted by Crippen LogP contribution is -2.51. The van der Waals surface area contributed by atoms with Gasteiger partial charge in [0.2, 0.25) is 5.91 Å². The van der Waals surface area contributed by atoms with Crippen molar-refractivity contribution in [2.24, 2.45) is 5.92 Å². The van der Waals surface area contributed by atoms with Gasteiger partial charge >= 0.3 is 6.18 Å². The van der Waals surface area contributed by atoms with Crippen molar-refractivity contribution < 1.29 is 22.7 Å². The zero-order valence-electron chi connectivity index (χ0n) is 9.64. The fraction of sp³-hybridized carbons (Fsp3) is 0.900. The minimum Gasteiger partial charge on any atom is -0.383 e. The largest absolute Gasteiger partial charge is 0.393 e. The third-order valence-electron chi connectivity index (χ3n) is 2.80. The van der Waals surface area contributed by atoms with Crippen molar-refractivity contribution in [2.45, 2.75) is 25.1 Å². The molecule has 1 heterocycles. The zero-order valence-corrected chi connectivity index (χ0v) is 9.64. The third kappa shape index (κ3) is 4.51. The van der Waals surface area contributed by atoms with E-state index >= 15 is 0 Å². The quantitative estimate of drug-likeness (QED) is 0.725. The molecule has 0 saturated carbocycles. The topological polar surface area (TPSA) is 50.4 Å². The fourth-order valence-electron chi connectivity index (χ4n) is 1.76. The molecule has 0 radical (unpaired) electrons. The van der Waals surface area contributed by atoms with E-state index in [1.165, 1.54) is 7.11 Å². The Morgan fingerprint density at radius 1 is 1.47 bits per heavy atom. The maximum atomic E-state index is 12.4. The minimum atomic E-state index is -4.18. The van der Waals surface area contributed by atoms with Crippen LogP contribution in [0.15, 0.2) is 0 Å². The van der Waals surface area contributed by atoms with E-state index < -0.39 is 18.1 Å². The molecule has 0 aromatic carbocycles. The minimum absolute atomic E-state index is 0.00113. The van der Waals surface area contributed by atoms with Crippen molar-refractivity contribution in [2.75, 3.05) is 26.8 Å². The van der Waals surface area contributed by atoms with Gasteiger partial charge in [-0.1, -0.05) is 0 Å². The molecule has 0 bridgehead atoms. The number of halogens is 3. The standard InChI is InChI=1S/C10H17F3N2O2/c1-17-5-4-14-9(16)8-3-2-7(6-15-8)10(11,12)13/h7-8,15H,2-6H2,1H3,(H,14,16). The van der Waals surface area contributed by atoms with E-state index in [2.05, 4.69) is 10.6 Å². The highest BCUT2D eigenvalue weighted by Gasteiger charge is 2.42. The van der Waals surface area contributed by atoms with Crippen molar-refractivity contribution in [1.29, 1.82) is 0 Å². The van der Waals surface area contributed by atoms with Crippen molar-refractivity contribution >= 4 is 5.91 Å². The molecule has 2 unspecified atom stereocenters. The first kappa shape index (κ1) is 14.2. The summed E-state index contributed by atoms with van der Waals surface area (Å²) in [4.78, 5) is 11.5. The normalized spacial score (nSPS) is 25.6. The van der Waals surface area contributed by atoms with Crippen LogP contribution in [0.25, 0.3) is 0 Å². The van der Waals surface area contributed by atoms with Crippen LogP contribution in [-0.2, 0) is 9.53 Å². The van der Waals surface area contributed by atoms with Crippen LogP contribution >= 0.6 is 0 Å². The summed E-state index contributed by atoms with van der Waals surface area (Å²) in [6, 6.07) is -0.523. The molecule has 4 nitrogen and oxygen atoms in total. The van der Waals surface area contributed by atoms with Crippen LogP contribution in [0.5, 0.6) is 0 Å². The van der Waals surface area contributed by atoms with Crippen LogP contribution in [0, 0.1) is 5.92 Å². The van der Waals surface area contributed by atoms with Gasteiger partial charge in [-0.05, 0) is 12.8 Å². The van der Waals surface area contributed by atoms with Gasteiger partial charge < -0.3 is 15.4 Å². The molecule has 1 rings (SSSR count). The summed E-state index contributed by atoms with van der Waals surface area (Å²) in [6.45, 7) is 0.575. The molecule has 1 aliphatic rings. The highest BCUT2D eigenvalue weighted by Crippen LogP contribution is 2.31. The molecule has 1 amide bonds. The van der Waals surface area contributed by atoms with Gasteiger partial charge in [-0.3, -0.25) is 4.79 Å². The number of hydrogen-bond acceptors (Lipinski definition) is 3. The molecule has 1 aliphatic heterocycles. The number of hydrogen-bond donors (Lipinski definition) is 2. The van der Waals surface area contributed by atoms with Gasteiger partial charge in [0.25, 0.3) is 0 Å². The fourth-order valence-corrected chi connectivity index (χ4v) is 1.76. The van der Waals surface area contributed by atoms with Crippen LogP contribution in [0.2, 0.25) is 0 Å². The van der Waals surface area contributed by atoms with E-state index in [0.29, 0.717) is 13.2 Å². The van der Waals surface area contributed by atoms with Crippen molar-refractivity contribution in [3.05, 3.63) is 0 Å². The highest BCUT2D eigenvalue weighted by atomic mass is 19.4. The third-order valence-corrected chi connectivity index (χ3v) is 2.80. The number of nitrogens with one attached hydrogen (secondary N) is 2. The van der Waals surface area contributed by atoms with Crippen LogP contribution in [-0.4, -0.2) is 44.9 Å². The number of carbonyl (C=O) groups is 1. The number of carbonyl (C=O) groups excluding carboxylic acids is 1. The second kappa shape index (κ2) is 6.20. The van der Waals surface area contributed by atoms with Crippen LogP contribution in [0.1, 0.15) is 12.8 Å². The summed E-state index contributed by atoms with van der Waals surface area (Å²) in [5.41, 5.74) is 0. The summed E-state index contributed by atoms with van der Waals surface area (Å²) in [6.07, 6.45) is -3.97. The van der Waals surface area contributed by atoms with Crippen molar-refractivity contribution in [3.63, 3.8) is 0 Å². The monoisotopic (exact) mass is 254 g/mol. The molecule has 0 aliphatic carbocycles. The van der Waals surface area contributed by atoms with Crippen molar-refractivity contribution in [1.82, 2.24) is 10.6 Å². The second-order valence-electron chi connectivity index (χ2n) is 4.06. The molecule has 1 saturated heterocycles. The summed E-state index contributed by atoms with van der Waals surface area (Å²) in [7, 11) is 1.51. The Morgan fingerprint density at radius 2 is 2.18 bits per heavy atom. The van der Waals surface area contributed by atoms with Gasteiger partial charge in [0, 0.05) is 20.2 Å². The Kier molecular flexibility index (Phi) is 5.20. The molecule has 7 heteroatoms. The van der Waals surface area contributed by atoms with E-state index in [4.69, 9.17) is 4.74 Å². The first-order valence-electron chi connectivity index (χ1n) is 5.52. The Labute approximate surface area is 97.9 Å². The summed E-state index contributed by atoms with van der Waals surface area (Å²) in [5, 5.41) is 5.23. The molecule has 0 aromatic heterocycles. The zero-order chi connectivity index (χ0) is 12.9. The van der Waals surface area contributed by atoms with Gasteiger partial charge in [0.1, 0.15) is 0 Å². The summed E-state index contributed by atoms with van der Waals surface area (Å²) in [5.74, 6) is -1.60. The van der Waals surface area contributed by atoms with Gasteiger partial charge in [0.15, 0.2) is 0 Å². The van der Waals surface area contributed by atoms with Crippen LogP contribution < -0.4 is 10.6 Å². The SMILES string of the molecule is COCCNC(=O)C1CCC(C(F)(F)F)CN1. The molecule has 100 valence electrons. The molecular weight excluding hydrogens is 237 g/mol. The van der Waals surface area contributed by atoms with Gasteiger partial charge in [-0.25, -0.2) is 0 Å². The first-order chi connectivity index (χ1) is 7.95. The molecule has 0 aromatic rings. The molecule has 2 N–H and O–H groups in total. The lowest BCUT2D eigenvalue weighted by Gasteiger charge is -2.30. The van der Waals surface area contributed by atoms with E-state index in [0.717, 1.165) is 0 Å². The molecule has 0 spiro atoms. The molecular formula is C10H17F3N2O2. The Morgan fingerprint density at radius 3 is 2.65 bits per heavy atom. The average Bonchev–Trinajstić information content (AvgIpc) is 2.28. The molecule has 17 heavy (non-hydrogen) atoms. The first-order valence-corrected chi connectivity index (χ1v) is 5.52. The van der Waals surface area contributed by atoms with Crippen LogP contribution in [0.4, 0.5) is 13.2 Å². The highest BCUT2D eigenvalue weighted by molar-refractivity contribution is 5.81. The van der Waals surface area contributed by atoms with Gasteiger partial charge in [0.05, 0.1) is 18.6 Å². The summed E-state index contributed by atoms with van der Waals surface area (Å²) >= 11 is 0. The Hall–Kier alpha value is -0.820.